The molecule has 27 heavy (non-hydrogen) atoms. The number of nitrogens with zero attached hydrogens (tertiary/aromatic N) is 2. The van der Waals surface area contributed by atoms with Gasteiger partial charge >= 0.3 is 6.18 Å². The molecule has 4 nitrogen and oxygen atoms in total. The van der Waals surface area contributed by atoms with Crippen molar-refractivity contribution in [3.05, 3.63) is 75.8 Å². The number of rotatable bonds is 5. The smallest absolute Gasteiger partial charge is 0.309 e. The maximum Gasteiger partial charge on any atom is 0.416 e. The zero-order chi connectivity index (χ0) is 19.0. The Morgan fingerprint density at radius 2 is 1.74 bits per heavy atom. The molecule has 0 atom stereocenters. The molecule has 1 fully saturated rings. The lowest BCUT2D eigenvalue weighted by atomic mass is 10.1. The van der Waals surface area contributed by atoms with Gasteiger partial charge in [0, 0.05) is 12.6 Å². The lowest BCUT2D eigenvalue weighted by molar-refractivity contribution is -0.137. The Bertz CT molecular complexity index is 1010. The Balaban J connectivity index is 1.55. The fourth-order valence-electron chi connectivity index (χ4n) is 3.19. The van der Waals surface area contributed by atoms with Crippen LogP contribution in [0.1, 0.15) is 29.8 Å². The number of benzene rings is 2. The molecule has 0 amide bonds. The lowest BCUT2D eigenvalue weighted by Gasteiger charge is -2.22. The van der Waals surface area contributed by atoms with Crippen LogP contribution in [0.25, 0.3) is 10.9 Å². The SMILES string of the molecule is O=c1[nH]c(CN(Cc2ccc(C(F)(F)F)cc2)C2CC2)nc2ccccc12. The van der Waals surface area contributed by atoms with E-state index >= 15 is 0 Å². The molecular weight excluding hydrogens is 355 g/mol. The highest BCUT2D eigenvalue weighted by Crippen LogP contribution is 2.31. The third-order valence-corrected chi connectivity index (χ3v) is 4.74. The zero-order valence-electron chi connectivity index (χ0n) is 14.5. The topological polar surface area (TPSA) is 49.0 Å². The Morgan fingerprint density at radius 3 is 2.41 bits per heavy atom. The monoisotopic (exact) mass is 373 g/mol. The molecule has 1 heterocycles. The third kappa shape index (κ3) is 4.03. The second kappa shape index (κ2) is 6.81. The van der Waals surface area contributed by atoms with Crippen molar-refractivity contribution in [1.82, 2.24) is 14.9 Å². The van der Waals surface area contributed by atoms with E-state index in [0.29, 0.717) is 35.9 Å². The Kier molecular flexibility index (Phi) is 4.47. The van der Waals surface area contributed by atoms with Crippen LogP contribution in [0.4, 0.5) is 13.2 Å². The minimum atomic E-state index is -4.33. The highest BCUT2D eigenvalue weighted by Gasteiger charge is 2.31. The van der Waals surface area contributed by atoms with Gasteiger partial charge in [0.2, 0.25) is 0 Å². The van der Waals surface area contributed by atoms with Gasteiger partial charge in [-0.25, -0.2) is 4.98 Å². The first kappa shape index (κ1) is 17.7. The molecule has 0 unspecified atom stereocenters. The van der Waals surface area contributed by atoms with Crippen molar-refractivity contribution >= 4 is 10.9 Å². The summed E-state index contributed by atoms with van der Waals surface area (Å²) < 4.78 is 38.2. The Labute approximate surface area is 153 Å². The number of hydrogen-bond acceptors (Lipinski definition) is 3. The lowest BCUT2D eigenvalue weighted by Crippen LogP contribution is -2.27. The first-order valence-electron chi connectivity index (χ1n) is 8.78. The number of nitrogens with one attached hydrogen (secondary N) is 1. The molecule has 0 radical (unpaired) electrons. The predicted octanol–water partition coefficient (Wildman–Crippen LogP) is 4.11. The van der Waals surface area contributed by atoms with Crippen molar-refractivity contribution in [2.75, 3.05) is 0 Å². The average molecular weight is 373 g/mol. The van der Waals surface area contributed by atoms with Gasteiger partial charge < -0.3 is 4.98 Å². The average Bonchev–Trinajstić information content (AvgIpc) is 3.46. The van der Waals surface area contributed by atoms with E-state index in [9.17, 15) is 18.0 Å². The van der Waals surface area contributed by atoms with E-state index in [1.807, 2.05) is 6.07 Å². The molecule has 2 aromatic carbocycles. The van der Waals surface area contributed by atoms with Crippen molar-refractivity contribution in [3.8, 4) is 0 Å². The summed E-state index contributed by atoms with van der Waals surface area (Å²) in [5.74, 6) is 0.567. The molecule has 0 saturated heterocycles. The highest BCUT2D eigenvalue weighted by atomic mass is 19.4. The molecule has 0 spiro atoms. The molecule has 1 aliphatic carbocycles. The van der Waals surface area contributed by atoms with Crippen molar-refractivity contribution in [1.29, 1.82) is 0 Å². The number of fused-ring (bicyclic) bond motifs is 1. The van der Waals surface area contributed by atoms with Crippen LogP contribution < -0.4 is 5.56 Å². The third-order valence-electron chi connectivity index (χ3n) is 4.74. The van der Waals surface area contributed by atoms with E-state index in [4.69, 9.17) is 0 Å². The molecule has 1 aliphatic rings. The number of aromatic nitrogens is 2. The molecule has 1 N–H and O–H groups in total. The fourth-order valence-corrected chi connectivity index (χ4v) is 3.19. The summed E-state index contributed by atoms with van der Waals surface area (Å²) in [4.78, 5) is 21.7. The van der Waals surface area contributed by atoms with Crippen molar-refractivity contribution in [2.45, 2.75) is 38.1 Å². The summed E-state index contributed by atoms with van der Waals surface area (Å²) >= 11 is 0. The summed E-state index contributed by atoms with van der Waals surface area (Å²) in [5, 5.41) is 0.543. The largest absolute Gasteiger partial charge is 0.416 e. The van der Waals surface area contributed by atoms with E-state index < -0.39 is 11.7 Å². The first-order valence-corrected chi connectivity index (χ1v) is 8.78. The molecule has 4 rings (SSSR count). The van der Waals surface area contributed by atoms with E-state index in [1.165, 1.54) is 12.1 Å². The number of aromatic amines is 1. The fraction of sp³-hybridized carbons (Fsp3) is 0.300. The summed E-state index contributed by atoms with van der Waals surface area (Å²) in [6.45, 7) is 0.963. The molecule has 1 saturated carbocycles. The van der Waals surface area contributed by atoms with Gasteiger partial charge in [0.25, 0.3) is 5.56 Å². The van der Waals surface area contributed by atoms with Gasteiger partial charge in [0.05, 0.1) is 23.0 Å². The molecule has 1 aromatic heterocycles. The molecular formula is C20H18F3N3O. The minimum Gasteiger partial charge on any atom is -0.309 e. The first-order chi connectivity index (χ1) is 12.9. The maximum atomic E-state index is 12.7. The summed E-state index contributed by atoms with van der Waals surface area (Å²) in [5.41, 5.74) is 0.616. The molecule has 140 valence electrons. The normalized spacial score (nSPS) is 14.8. The molecule has 0 bridgehead atoms. The van der Waals surface area contributed by atoms with Crippen LogP contribution in [0.2, 0.25) is 0 Å². The minimum absolute atomic E-state index is 0.180. The van der Waals surface area contributed by atoms with Gasteiger partial charge in [-0.3, -0.25) is 9.69 Å². The number of halogens is 3. The maximum absolute atomic E-state index is 12.7. The quantitative estimate of drug-likeness (QED) is 0.732. The summed E-state index contributed by atoms with van der Waals surface area (Å²) in [6, 6.07) is 12.7. The second-order valence-electron chi connectivity index (χ2n) is 6.86. The van der Waals surface area contributed by atoms with Crippen LogP contribution >= 0.6 is 0 Å². The van der Waals surface area contributed by atoms with Gasteiger partial charge in [-0.15, -0.1) is 0 Å². The number of H-pyrrole nitrogens is 1. The van der Waals surface area contributed by atoms with Crippen LogP contribution in [0.3, 0.4) is 0 Å². The van der Waals surface area contributed by atoms with Crippen LogP contribution in [-0.2, 0) is 19.3 Å². The number of alkyl halides is 3. The van der Waals surface area contributed by atoms with Crippen molar-refractivity contribution in [2.24, 2.45) is 0 Å². The molecule has 0 aliphatic heterocycles. The number of para-hydroxylation sites is 1. The van der Waals surface area contributed by atoms with Crippen LogP contribution in [0, 0.1) is 0 Å². The van der Waals surface area contributed by atoms with Gasteiger partial charge in [-0.05, 0) is 42.7 Å². The van der Waals surface area contributed by atoms with E-state index in [2.05, 4.69) is 14.9 Å². The second-order valence-corrected chi connectivity index (χ2v) is 6.86. The van der Waals surface area contributed by atoms with Crippen LogP contribution in [0.5, 0.6) is 0 Å². The van der Waals surface area contributed by atoms with E-state index in [1.54, 1.807) is 18.2 Å². The summed E-state index contributed by atoms with van der Waals surface area (Å²) in [7, 11) is 0. The summed E-state index contributed by atoms with van der Waals surface area (Å²) in [6.07, 6.45) is -2.25. The van der Waals surface area contributed by atoms with Crippen molar-refractivity contribution in [3.63, 3.8) is 0 Å². The standard InChI is InChI=1S/C20H18F3N3O/c21-20(22,23)14-7-5-13(6-8-14)11-26(15-9-10-15)12-18-24-17-4-2-1-3-16(17)19(27)25-18/h1-8,15H,9-12H2,(H,24,25,27). The van der Waals surface area contributed by atoms with E-state index in [-0.39, 0.29) is 5.56 Å². The zero-order valence-corrected chi connectivity index (χ0v) is 14.5. The van der Waals surface area contributed by atoms with E-state index in [0.717, 1.165) is 30.5 Å². The molecule has 7 heteroatoms. The van der Waals surface area contributed by atoms with Gasteiger partial charge in [0.15, 0.2) is 0 Å². The molecule has 3 aromatic rings. The van der Waals surface area contributed by atoms with Gasteiger partial charge in [0.1, 0.15) is 5.82 Å². The Hall–Kier alpha value is -2.67. The van der Waals surface area contributed by atoms with Gasteiger partial charge in [-0.1, -0.05) is 24.3 Å². The highest BCUT2D eigenvalue weighted by molar-refractivity contribution is 5.77. The van der Waals surface area contributed by atoms with Crippen LogP contribution in [0.15, 0.2) is 53.3 Å². The predicted molar refractivity (Wildman–Crippen MR) is 96.1 cm³/mol. The Morgan fingerprint density at radius 1 is 1.04 bits per heavy atom. The van der Waals surface area contributed by atoms with Gasteiger partial charge in [-0.2, -0.15) is 13.2 Å². The van der Waals surface area contributed by atoms with Crippen molar-refractivity contribution < 1.29 is 13.2 Å². The number of hydrogen-bond donors (Lipinski definition) is 1. The van der Waals surface area contributed by atoms with Crippen LogP contribution in [-0.4, -0.2) is 20.9 Å².